The Morgan fingerprint density at radius 3 is 2.76 bits per heavy atom. The number of nitrogens with zero attached hydrogens (tertiary/aromatic N) is 5. The SMILES string of the molecule is COC(=O)c1ccn(CC(=O)Nc2cnn(C(C)C)n2)n1. The van der Waals surface area contributed by atoms with Crippen molar-refractivity contribution in [2.24, 2.45) is 0 Å². The van der Waals surface area contributed by atoms with Crippen molar-refractivity contribution in [3.05, 3.63) is 24.2 Å². The average molecular weight is 292 g/mol. The van der Waals surface area contributed by atoms with E-state index in [0.717, 1.165) is 0 Å². The number of nitrogens with one attached hydrogen (secondary N) is 1. The molecule has 9 heteroatoms. The van der Waals surface area contributed by atoms with Gasteiger partial charge in [-0.2, -0.15) is 15.0 Å². The molecule has 0 fully saturated rings. The highest BCUT2D eigenvalue weighted by Gasteiger charge is 2.12. The van der Waals surface area contributed by atoms with Crippen LogP contribution in [0.3, 0.4) is 0 Å². The Kier molecular flexibility index (Phi) is 4.31. The third-order valence-corrected chi connectivity index (χ3v) is 2.58. The molecule has 0 spiro atoms. The molecule has 2 heterocycles. The first-order chi connectivity index (χ1) is 9.99. The summed E-state index contributed by atoms with van der Waals surface area (Å²) in [6.07, 6.45) is 3.00. The zero-order chi connectivity index (χ0) is 15.4. The predicted octanol–water partition coefficient (Wildman–Crippen LogP) is 0.481. The van der Waals surface area contributed by atoms with Gasteiger partial charge in [0, 0.05) is 6.20 Å². The number of hydrogen-bond acceptors (Lipinski definition) is 6. The van der Waals surface area contributed by atoms with Crippen LogP contribution in [0.25, 0.3) is 0 Å². The highest BCUT2D eigenvalue weighted by atomic mass is 16.5. The lowest BCUT2D eigenvalue weighted by atomic mass is 10.4. The Bertz CT molecular complexity index is 645. The van der Waals surface area contributed by atoms with E-state index in [1.54, 1.807) is 0 Å². The fourth-order valence-electron chi connectivity index (χ4n) is 1.57. The highest BCUT2D eigenvalue weighted by Crippen LogP contribution is 2.05. The lowest BCUT2D eigenvalue weighted by Gasteiger charge is -2.03. The smallest absolute Gasteiger partial charge is 0.358 e. The van der Waals surface area contributed by atoms with Gasteiger partial charge in [0.05, 0.1) is 19.3 Å². The van der Waals surface area contributed by atoms with Crippen LogP contribution in [-0.2, 0) is 16.1 Å². The Labute approximate surface area is 120 Å². The van der Waals surface area contributed by atoms with Gasteiger partial charge in [-0.15, -0.1) is 5.10 Å². The fraction of sp³-hybridized carbons (Fsp3) is 0.417. The molecule has 0 aliphatic heterocycles. The molecule has 2 rings (SSSR count). The van der Waals surface area contributed by atoms with Crippen LogP contribution in [-0.4, -0.2) is 43.8 Å². The van der Waals surface area contributed by atoms with Crippen LogP contribution in [0.5, 0.6) is 0 Å². The zero-order valence-corrected chi connectivity index (χ0v) is 12.0. The van der Waals surface area contributed by atoms with Crippen molar-refractivity contribution < 1.29 is 14.3 Å². The molecule has 0 unspecified atom stereocenters. The monoisotopic (exact) mass is 292 g/mol. The number of carbonyl (C=O) groups is 2. The third kappa shape index (κ3) is 3.65. The van der Waals surface area contributed by atoms with Crippen molar-refractivity contribution in [2.75, 3.05) is 12.4 Å². The number of methoxy groups -OCH3 is 1. The maximum absolute atomic E-state index is 11.8. The summed E-state index contributed by atoms with van der Waals surface area (Å²) in [6.45, 7) is 3.83. The van der Waals surface area contributed by atoms with Crippen molar-refractivity contribution in [3.63, 3.8) is 0 Å². The Hall–Kier alpha value is -2.71. The molecule has 0 saturated carbocycles. The number of hydrogen-bond donors (Lipinski definition) is 1. The summed E-state index contributed by atoms with van der Waals surface area (Å²) in [5.74, 6) is -0.492. The van der Waals surface area contributed by atoms with E-state index in [9.17, 15) is 9.59 Å². The van der Waals surface area contributed by atoms with Crippen molar-refractivity contribution in [1.82, 2.24) is 24.8 Å². The summed E-state index contributed by atoms with van der Waals surface area (Å²) in [5.41, 5.74) is 0.149. The molecular weight excluding hydrogens is 276 g/mol. The minimum Gasteiger partial charge on any atom is -0.464 e. The van der Waals surface area contributed by atoms with Gasteiger partial charge in [-0.3, -0.25) is 9.48 Å². The largest absolute Gasteiger partial charge is 0.464 e. The summed E-state index contributed by atoms with van der Waals surface area (Å²) >= 11 is 0. The summed E-state index contributed by atoms with van der Waals surface area (Å²) in [5, 5.41) is 14.7. The zero-order valence-electron chi connectivity index (χ0n) is 12.0. The Morgan fingerprint density at radius 2 is 2.14 bits per heavy atom. The van der Waals surface area contributed by atoms with Gasteiger partial charge in [0.2, 0.25) is 5.91 Å². The number of amides is 1. The van der Waals surface area contributed by atoms with Gasteiger partial charge in [0.15, 0.2) is 11.5 Å². The number of anilines is 1. The summed E-state index contributed by atoms with van der Waals surface area (Å²) in [4.78, 5) is 24.6. The van der Waals surface area contributed by atoms with E-state index in [0.29, 0.717) is 5.82 Å². The first kappa shape index (κ1) is 14.7. The van der Waals surface area contributed by atoms with Gasteiger partial charge in [-0.1, -0.05) is 0 Å². The fourth-order valence-corrected chi connectivity index (χ4v) is 1.57. The van der Waals surface area contributed by atoms with Gasteiger partial charge in [-0.25, -0.2) is 4.79 Å². The van der Waals surface area contributed by atoms with Gasteiger partial charge in [0.1, 0.15) is 6.54 Å². The number of carbonyl (C=O) groups excluding carboxylic acids is 2. The van der Waals surface area contributed by atoms with E-state index < -0.39 is 5.97 Å². The molecular formula is C12H16N6O3. The lowest BCUT2D eigenvalue weighted by molar-refractivity contribution is -0.116. The van der Waals surface area contributed by atoms with Crippen LogP contribution in [0.15, 0.2) is 18.5 Å². The third-order valence-electron chi connectivity index (χ3n) is 2.58. The lowest BCUT2D eigenvalue weighted by Crippen LogP contribution is -2.20. The van der Waals surface area contributed by atoms with Crippen LogP contribution < -0.4 is 5.32 Å². The Morgan fingerprint density at radius 1 is 1.38 bits per heavy atom. The number of aromatic nitrogens is 5. The molecule has 0 atom stereocenters. The van der Waals surface area contributed by atoms with Crippen molar-refractivity contribution in [3.8, 4) is 0 Å². The van der Waals surface area contributed by atoms with Gasteiger partial charge >= 0.3 is 5.97 Å². The molecule has 0 aliphatic carbocycles. The van der Waals surface area contributed by atoms with Crippen molar-refractivity contribution in [1.29, 1.82) is 0 Å². The average Bonchev–Trinajstić information content (AvgIpc) is 3.07. The second-order valence-electron chi connectivity index (χ2n) is 4.58. The van der Waals surface area contributed by atoms with Crippen LogP contribution in [0.2, 0.25) is 0 Å². The minimum absolute atomic E-state index is 0.0362. The molecule has 1 N–H and O–H groups in total. The topological polar surface area (TPSA) is 104 Å². The van der Waals surface area contributed by atoms with E-state index in [2.05, 4.69) is 25.3 Å². The van der Waals surface area contributed by atoms with E-state index in [4.69, 9.17) is 0 Å². The normalized spacial score (nSPS) is 10.7. The standard InChI is InChI=1S/C12H16N6O3/c1-8(2)18-13-6-10(16-18)14-11(19)7-17-5-4-9(15-17)12(20)21-3/h4-6,8H,7H2,1-3H3,(H,14,16,19). The maximum Gasteiger partial charge on any atom is 0.358 e. The molecule has 0 bridgehead atoms. The number of esters is 1. The number of ether oxygens (including phenoxy) is 1. The molecule has 0 aliphatic rings. The quantitative estimate of drug-likeness (QED) is 0.804. The second kappa shape index (κ2) is 6.16. The second-order valence-corrected chi connectivity index (χ2v) is 4.58. The van der Waals surface area contributed by atoms with Gasteiger partial charge in [0.25, 0.3) is 0 Å². The molecule has 0 radical (unpaired) electrons. The molecule has 21 heavy (non-hydrogen) atoms. The molecule has 9 nitrogen and oxygen atoms in total. The molecule has 112 valence electrons. The molecule has 0 saturated heterocycles. The summed E-state index contributed by atoms with van der Waals surface area (Å²) in [6, 6.07) is 1.60. The van der Waals surface area contributed by atoms with E-state index in [1.165, 1.54) is 35.0 Å². The summed E-state index contributed by atoms with van der Waals surface area (Å²) in [7, 11) is 1.27. The van der Waals surface area contributed by atoms with Crippen LogP contribution in [0, 0.1) is 0 Å². The van der Waals surface area contributed by atoms with E-state index in [1.807, 2.05) is 13.8 Å². The van der Waals surface area contributed by atoms with Crippen LogP contribution in [0.1, 0.15) is 30.4 Å². The van der Waals surface area contributed by atoms with Gasteiger partial charge < -0.3 is 10.1 Å². The predicted molar refractivity (Wildman–Crippen MR) is 72.6 cm³/mol. The summed E-state index contributed by atoms with van der Waals surface area (Å²) < 4.78 is 5.88. The number of rotatable bonds is 5. The van der Waals surface area contributed by atoms with Crippen LogP contribution in [0.4, 0.5) is 5.82 Å². The minimum atomic E-state index is -0.547. The Balaban J connectivity index is 1.94. The van der Waals surface area contributed by atoms with Gasteiger partial charge in [-0.05, 0) is 19.9 Å². The highest BCUT2D eigenvalue weighted by molar-refractivity contribution is 5.89. The maximum atomic E-state index is 11.8. The molecule has 2 aromatic heterocycles. The van der Waals surface area contributed by atoms with E-state index in [-0.39, 0.29) is 24.2 Å². The van der Waals surface area contributed by atoms with Crippen molar-refractivity contribution >= 4 is 17.7 Å². The molecule has 2 aromatic rings. The van der Waals surface area contributed by atoms with E-state index >= 15 is 0 Å². The first-order valence-corrected chi connectivity index (χ1v) is 6.33. The van der Waals surface area contributed by atoms with Crippen LogP contribution >= 0.6 is 0 Å². The van der Waals surface area contributed by atoms with Crippen molar-refractivity contribution in [2.45, 2.75) is 26.4 Å². The first-order valence-electron chi connectivity index (χ1n) is 6.33. The molecule has 1 amide bonds. The molecule has 0 aromatic carbocycles.